The summed E-state index contributed by atoms with van der Waals surface area (Å²) in [6, 6.07) is 15.9. The van der Waals surface area contributed by atoms with Crippen LogP contribution in [0.5, 0.6) is 5.75 Å². The molecule has 3 aromatic rings. The zero-order valence-corrected chi connectivity index (χ0v) is 16.9. The Hall–Kier alpha value is -2.53. The van der Waals surface area contributed by atoms with Crippen LogP contribution in [0.15, 0.2) is 48.5 Å². The molecule has 0 aliphatic carbocycles. The molecule has 5 nitrogen and oxygen atoms in total. The topological polar surface area (TPSA) is 63.2 Å². The maximum Gasteiger partial charge on any atom is 0.203 e. The fraction of sp³-hybridized carbons (Fsp3) is 0.435. The molecule has 0 bridgehead atoms. The first-order valence-corrected chi connectivity index (χ1v) is 10.2. The van der Waals surface area contributed by atoms with Crippen LogP contribution in [0.4, 0.5) is 0 Å². The largest absolute Gasteiger partial charge is 0.491 e. The maximum absolute atomic E-state index is 10.6. The third kappa shape index (κ3) is 4.65. The van der Waals surface area contributed by atoms with Crippen LogP contribution >= 0.6 is 0 Å². The number of para-hydroxylation sites is 3. The zero-order chi connectivity index (χ0) is 19.9. The molecule has 1 heterocycles. The summed E-state index contributed by atoms with van der Waals surface area (Å²) in [5, 5.41) is 19.2. The summed E-state index contributed by atoms with van der Waals surface area (Å²) in [6.07, 6.45) is 3.98. The number of rotatable bonds is 10. The van der Waals surface area contributed by atoms with Crippen molar-refractivity contribution >= 4 is 11.0 Å². The fourth-order valence-corrected chi connectivity index (χ4v) is 3.57. The standard InChI is InChI=1S/C23H31N3O2/c1-3-4-5-10-15-25-20-12-7-8-13-21(20)26(23(25)24)16-19(27)17-28-22-14-9-6-11-18(22)2/h6-9,11-14,19,24,27H,3-5,10,15-17H2,1-2H3. The predicted octanol–water partition coefficient (Wildman–Crippen LogP) is 4.25. The molecular formula is C23H31N3O2. The van der Waals surface area contributed by atoms with Gasteiger partial charge < -0.3 is 19.0 Å². The minimum absolute atomic E-state index is 0.202. The van der Waals surface area contributed by atoms with E-state index in [9.17, 15) is 5.11 Å². The first kappa shape index (κ1) is 20.2. The second kappa shape index (κ2) is 9.60. The number of benzene rings is 2. The minimum atomic E-state index is -0.687. The van der Waals surface area contributed by atoms with Gasteiger partial charge in [-0.05, 0) is 37.1 Å². The predicted molar refractivity (Wildman–Crippen MR) is 113 cm³/mol. The molecule has 0 radical (unpaired) electrons. The number of hydrogen-bond donors (Lipinski definition) is 2. The molecule has 5 heteroatoms. The third-order valence-electron chi connectivity index (χ3n) is 5.13. The summed E-state index contributed by atoms with van der Waals surface area (Å²) in [4.78, 5) is 0. The first-order chi connectivity index (χ1) is 13.6. The highest BCUT2D eigenvalue weighted by atomic mass is 16.5. The first-order valence-electron chi connectivity index (χ1n) is 10.2. The highest BCUT2D eigenvalue weighted by molar-refractivity contribution is 5.75. The number of nitrogens with one attached hydrogen (secondary N) is 1. The minimum Gasteiger partial charge on any atom is -0.491 e. The Morgan fingerprint density at radius 1 is 0.964 bits per heavy atom. The van der Waals surface area contributed by atoms with Gasteiger partial charge in [-0.15, -0.1) is 0 Å². The molecule has 1 unspecified atom stereocenters. The van der Waals surface area contributed by atoms with Crippen molar-refractivity contribution in [2.75, 3.05) is 6.61 Å². The lowest BCUT2D eigenvalue weighted by Gasteiger charge is -2.15. The van der Waals surface area contributed by atoms with E-state index < -0.39 is 6.10 Å². The van der Waals surface area contributed by atoms with E-state index in [0.29, 0.717) is 12.2 Å². The highest BCUT2D eigenvalue weighted by Crippen LogP contribution is 2.17. The quantitative estimate of drug-likeness (QED) is 0.516. The van der Waals surface area contributed by atoms with E-state index in [1.165, 1.54) is 19.3 Å². The summed E-state index contributed by atoms with van der Waals surface area (Å²) < 4.78 is 9.74. The molecule has 0 saturated heterocycles. The number of nitrogens with zero attached hydrogens (tertiary/aromatic N) is 2. The number of hydrogen-bond acceptors (Lipinski definition) is 3. The summed E-state index contributed by atoms with van der Waals surface area (Å²) in [7, 11) is 0. The van der Waals surface area contributed by atoms with Gasteiger partial charge in [-0.3, -0.25) is 5.41 Å². The van der Waals surface area contributed by atoms with Crippen molar-refractivity contribution in [1.82, 2.24) is 9.13 Å². The lowest BCUT2D eigenvalue weighted by molar-refractivity contribution is 0.0917. The van der Waals surface area contributed by atoms with Crippen LogP contribution in [0.1, 0.15) is 38.2 Å². The second-order valence-corrected chi connectivity index (χ2v) is 7.37. The lowest BCUT2D eigenvalue weighted by Crippen LogP contribution is -2.31. The number of ether oxygens (including phenoxy) is 1. The molecule has 0 spiro atoms. The molecule has 1 atom stereocenters. The van der Waals surface area contributed by atoms with Crippen LogP contribution in [0.2, 0.25) is 0 Å². The molecule has 2 aromatic carbocycles. The molecule has 0 fully saturated rings. The average molecular weight is 382 g/mol. The number of imidazole rings is 1. The number of unbranched alkanes of at least 4 members (excludes halogenated alkanes) is 3. The van der Waals surface area contributed by atoms with Gasteiger partial charge in [0, 0.05) is 6.54 Å². The Morgan fingerprint density at radius 2 is 1.64 bits per heavy atom. The molecule has 150 valence electrons. The molecule has 1 aromatic heterocycles. The van der Waals surface area contributed by atoms with Crippen LogP contribution in [-0.2, 0) is 13.1 Å². The van der Waals surface area contributed by atoms with Crippen molar-refractivity contribution in [2.24, 2.45) is 0 Å². The van der Waals surface area contributed by atoms with E-state index in [-0.39, 0.29) is 6.61 Å². The van der Waals surface area contributed by atoms with E-state index in [1.807, 2.05) is 54.0 Å². The number of aliphatic hydroxyl groups excluding tert-OH is 1. The Morgan fingerprint density at radius 3 is 2.36 bits per heavy atom. The lowest BCUT2D eigenvalue weighted by atomic mass is 10.2. The summed E-state index contributed by atoms with van der Waals surface area (Å²) >= 11 is 0. The Kier molecular flexibility index (Phi) is 6.93. The SMILES string of the molecule is CCCCCCn1c(=N)n(CC(O)COc2ccccc2C)c2ccccc21. The second-order valence-electron chi connectivity index (χ2n) is 7.37. The monoisotopic (exact) mass is 381 g/mol. The molecule has 0 amide bonds. The van der Waals surface area contributed by atoms with Crippen molar-refractivity contribution in [1.29, 1.82) is 5.41 Å². The van der Waals surface area contributed by atoms with Gasteiger partial charge in [0.15, 0.2) is 0 Å². The van der Waals surface area contributed by atoms with Gasteiger partial charge in [-0.25, -0.2) is 0 Å². The molecule has 3 rings (SSSR count). The summed E-state index contributed by atoms with van der Waals surface area (Å²) in [5.41, 5.74) is 3.52. The third-order valence-corrected chi connectivity index (χ3v) is 5.13. The Balaban J connectivity index is 1.74. The van der Waals surface area contributed by atoms with Crippen molar-refractivity contribution in [3.8, 4) is 5.75 Å². The van der Waals surface area contributed by atoms with E-state index in [0.717, 1.165) is 35.3 Å². The highest BCUT2D eigenvalue weighted by Gasteiger charge is 2.14. The molecule has 28 heavy (non-hydrogen) atoms. The van der Waals surface area contributed by atoms with Crippen molar-refractivity contribution in [2.45, 2.75) is 58.7 Å². The zero-order valence-electron chi connectivity index (χ0n) is 16.9. The molecule has 0 aliphatic rings. The number of fused-ring (bicyclic) bond motifs is 1. The fourth-order valence-electron chi connectivity index (χ4n) is 3.57. The molecular weight excluding hydrogens is 350 g/mol. The van der Waals surface area contributed by atoms with Gasteiger partial charge in [0.05, 0.1) is 17.6 Å². The summed E-state index contributed by atoms with van der Waals surface area (Å²) in [5.74, 6) is 0.788. The van der Waals surface area contributed by atoms with Crippen LogP contribution in [0.25, 0.3) is 11.0 Å². The smallest absolute Gasteiger partial charge is 0.203 e. The van der Waals surface area contributed by atoms with E-state index >= 15 is 0 Å². The molecule has 2 N–H and O–H groups in total. The van der Waals surface area contributed by atoms with Gasteiger partial charge >= 0.3 is 0 Å². The van der Waals surface area contributed by atoms with Crippen LogP contribution in [0.3, 0.4) is 0 Å². The van der Waals surface area contributed by atoms with Crippen LogP contribution < -0.4 is 10.4 Å². The van der Waals surface area contributed by atoms with Crippen molar-refractivity contribution in [3.05, 3.63) is 59.7 Å². The average Bonchev–Trinajstić information content (AvgIpc) is 2.96. The summed E-state index contributed by atoms with van der Waals surface area (Å²) in [6.45, 7) is 5.57. The van der Waals surface area contributed by atoms with E-state index in [2.05, 4.69) is 17.6 Å². The van der Waals surface area contributed by atoms with Gasteiger partial charge in [0.1, 0.15) is 18.5 Å². The van der Waals surface area contributed by atoms with Crippen LogP contribution in [0, 0.1) is 12.3 Å². The molecule has 0 saturated carbocycles. The maximum atomic E-state index is 10.6. The van der Waals surface area contributed by atoms with Crippen LogP contribution in [-0.4, -0.2) is 27.0 Å². The van der Waals surface area contributed by atoms with Gasteiger partial charge in [-0.1, -0.05) is 56.5 Å². The van der Waals surface area contributed by atoms with Gasteiger partial charge in [0.2, 0.25) is 5.62 Å². The van der Waals surface area contributed by atoms with Gasteiger partial charge in [-0.2, -0.15) is 0 Å². The number of aliphatic hydroxyl groups is 1. The normalized spacial score (nSPS) is 12.4. The molecule has 0 aliphatic heterocycles. The number of aryl methyl sites for hydroxylation is 2. The number of aromatic nitrogens is 2. The van der Waals surface area contributed by atoms with E-state index in [1.54, 1.807) is 0 Å². The van der Waals surface area contributed by atoms with E-state index in [4.69, 9.17) is 10.1 Å². The Bertz CT molecular complexity index is 958. The van der Waals surface area contributed by atoms with Gasteiger partial charge in [0.25, 0.3) is 0 Å². The Labute approximate surface area is 166 Å². The van der Waals surface area contributed by atoms with Crippen molar-refractivity contribution < 1.29 is 9.84 Å². The van der Waals surface area contributed by atoms with Crippen molar-refractivity contribution in [3.63, 3.8) is 0 Å².